The minimum atomic E-state index is -0.208. The largest absolute Gasteiger partial charge is 0.469 e. The normalized spacial score (nSPS) is 14.8. The number of aryl methyl sites for hydroxylation is 2. The predicted octanol–water partition coefficient (Wildman–Crippen LogP) is 3.21. The maximum absolute atomic E-state index is 11.7. The van der Waals surface area contributed by atoms with E-state index in [0.717, 1.165) is 18.4 Å². The van der Waals surface area contributed by atoms with Gasteiger partial charge in [-0.1, -0.05) is 30.3 Å². The number of benzene rings is 2. The molecule has 18 heavy (non-hydrogen) atoms. The van der Waals surface area contributed by atoms with Crippen LogP contribution in [0.15, 0.2) is 30.3 Å². The Morgan fingerprint density at radius 3 is 2.61 bits per heavy atom. The monoisotopic (exact) mass is 240 g/mol. The van der Waals surface area contributed by atoms with E-state index in [1.54, 1.807) is 0 Å². The summed E-state index contributed by atoms with van der Waals surface area (Å²) >= 11 is 0. The number of hydrogen-bond donors (Lipinski definition) is 0. The molecule has 0 saturated heterocycles. The van der Waals surface area contributed by atoms with Gasteiger partial charge in [-0.3, -0.25) is 4.79 Å². The second-order valence-electron chi connectivity index (χ2n) is 4.90. The molecule has 0 spiro atoms. The van der Waals surface area contributed by atoms with Crippen molar-refractivity contribution in [1.82, 2.24) is 0 Å². The van der Waals surface area contributed by atoms with Gasteiger partial charge in [0.05, 0.1) is 13.0 Å². The molecule has 1 unspecified atom stereocenters. The summed E-state index contributed by atoms with van der Waals surface area (Å²) in [4.78, 5) is 11.7. The molecule has 3 rings (SSSR count). The van der Waals surface area contributed by atoms with Crippen LogP contribution in [0.5, 0.6) is 0 Å². The first kappa shape index (κ1) is 11.3. The molecule has 0 amide bonds. The molecule has 0 heterocycles. The molecular formula is C16H16O2. The molecule has 2 aromatic carbocycles. The summed E-state index contributed by atoms with van der Waals surface area (Å²) < 4.78 is 4.85. The van der Waals surface area contributed by atoms with Gasteiger partial charge < -0.3 is 4.74 Å². The van der Waals surface area contributed by atoms with Crippen LogP contribution in [0.3, 0.4) is 0 Å². The Morgan fingerprint density at radius 2 is 1.89 bits per heavy atom. The van der Waals surface area contributed by atoms with Gasteiger partial charge >= 0.3 is 5.97 Å². The molecule has 0 aromatic heterocycles. The summed E-state index contributed by atoms with van der Waals surface area (Å²) in [5, 5.41) is 2.56. The van der Waals surface area contributed by atoms with E-state index in [4.69, 9.17) is 4.74 Å². The molecule has 2 nitrogen and oxygen atoms in total. The van der Waals surface area contributed by atoms with Crippen LogP contribution in [-0.2, 0) is 22.4 Å². The molecule has 1 aliphatic rings. The lowest BCUT2D eigenvalue weighted by molar-refractivity contribution is -0.141. The van der Waals surface area contributed by atoms with Gasteiger partial charge in [0, 0.05) is 0 Å². The smallest absolute Gasteiger partial charge is 0.312 e. The minimum Gasteiger partial charge on any atom is -0.469 e. The molecule has 92 valence electrons. The Labute approximate surface area is 107 Å². The van der Waals surface area contributed by atoms with Crippen LogP contribution in [0.25, 0.3) is 10.8 Å². The fraction of sp³-hybridized carbons (Fsp3) is 0.312. The van der Waals surface area contributed by atoms with Gasteiger partial charge in [-0.15, -0.1) is 0 Å². The summed E-state index contributed by atoms with van der Waals surface area (Å²) in [6.45, 7) is 1.91. The molecule has 1 aliphatic carbocycles. The maximum Gasteiger partial charge on any atom is 0.312 e. The fourth-order valence-electron chi connectivity index (χ4n) is 2.95. The van der Waals surface area contributed by atoms with Crippen molar-refractivity contribution in [3.63, 3.8) is 0 Å². The van der Waals surface area contributed by atoms with Gasteiger partial charge in [0.25, 0.3) is 0 Å². The first-order valence-corrected chi connectivity index (χ1v) is 6.33. The van der Waals surface area contributed by atoms with E-state index in [2.05, 4.69) is 30.3 Å². The van der Waals surface area contributed by atoms with E-state index in [1.165, 1.54) is 29.0 Å². The van der Waals surface area contributed by atoms with Crippen molar-refractivity contribution in [1.29, 1.82) is 0 Å². The summed E-state index contributed by atoms with van der Waals surface area (Å²) in [6.07, 6.45) is 2.23. The van der Waals surface area contributed by atoms with Crippen molar-refractivity contribution in [3.05, 3.63) is 47.0 Å². The lowest BCUT2D eigenvalue weighted by Crippen LogP contribution is -2.11. The summed E-state index contributed by atoms with van der Waals surface area (Å²) in [7, 11) is 1.44. The van der Waals surface area contributed by atoms with E-state index in [1.807, 2.05) is 6.92 Å². The zero-order valence-corrected chi connectivity index (χ0v) is 10.7. The third-order valence-corrected chi connectivity index (χ3v) is 3.93. The quantitative estimate of drug-likeness (QED) is 0.753. The first-order valence-electron chi connectivity index (χ1n) is 6.33. The molecule has 0 bridgehead atoms. The number of methoxy groups -OCH3 is 1. The summed E-state index contributed by atoms with van der Waals surface area (Å²) in [5.41, 5.74) is 3.88. The molecular weight excluding hydrogens is 224 g/mol. The number of carbonyl (C=O) groups is 1. The third kappa shape index (κ3) is 1.52. The van der Waals surface area contributed by atoms with Crippen LogP contribution < -0.4 is 0 Å². The Hall–Kier alpha value is -1.83. The maximum atomic E-state index is 11.7. The van der Waals surface area contributed by atoms with Crippen molar-refractivity contribution in [3.8, 4) is 0 Å². The molecule has 0 N–H and O–H groups in total. The molecule has 2 aromatic rings. The van der Waals surface area contributed by atoms with Crippen molar-refractivity contribution >= 4 is 16.7 Å². The van der Waals surface area contributed by atoms with Crippen molar-refractivity contribution in [2.24, 2.45) is 0 Å². The van der Waals surface area contributed by atoms with Crippen LogP contribution in [0.2, 0.25) is 0 Å². The van der Waals surface area contributed by atoms with Crippen molar-refractivity contribution in [2.45, 2.75) is 25.7 Å². The highest BCUT2D eigenvalue weighted by Gasteiger charge is 2.21. The average Bonchev–Trinajstić information content (AvgIpc) is 2.83. The molecule has 0 saturated carbocycles. The van der Waals surface area contributed by atoms with E-state index < -0.39 is 0 Å². The standard InChI is InChI=1S/C16H16O2/c1-10(16(17)18-2)13-9-8-12-7-6-11-4-3-5-14(13)15(11)12/h3-5,8-10H,6-7H2,1-2H3. The zero-order chi connectivity index (χ0) is 12.7. The predicted molar refractivity (Wildman–Crippen MR) is 71.8 cm³/mol. The second kappa shape index (κ2) is 4.13. The minimum absolute atomic E-state index is 0.173. The number of esters is 1. The Kier molecular flexibility index (Phi) is 2.58. The average molecular weight is 240 g/mol. The van der Waals surface area contributed by atoms with E-state index in [9.17, 15) is 4.79 Å². The second-order valence-corrected chi connectivity index (χ2v) is 4.90. The summed E-state index contributed by atoms with van der Waals surface area (Å²) in [5.74, 6) is -0.381. The number of hydrogen-bond acceptors (Lipinski definition) is 2. The van der Waals surface area contributed by atoms with Gasteiger partial charge in [-0.2, -0.15) is 0 Å². The Morgan fingerprint density at radius 1 is 1.17 bits per heavy atom. The fourth-order valence-corrected chi connectivity index (χ4v) is 2.95. The lowest BCUT2D eigenvalue weighted by Gasteiger charge is -2.13. The number of carbonyl (C=O) groups excluding carboxylic acids is 1. The number of rotatable bonds is 2. The SMILES string of the molecule is COC(=O)C(C)c1ccc2c3c(cccc13)CC2. The first-order chi connectivity index (χ1) is 8.72. The van der Waals surface area contributed by atoms with E-state index >= 15 is 0 Å². The van der Waals surface area contributed by atoms with Crippen LogP contribution in [0.4, 0.5) is 0 Å². The van der Waals surface area contributed by atoms with Gasteiger partial charge in [-0.05, 0) is 47.2 Å². The lowest BCUT2D eigenvalue weighted by atomic mass is 9.92. The highest BCUT2D eigenvalue weighted by molar-refractivity contribution is 5.96. The van der Waals surface area contributed by atoms with Crippen molar-refractivity contribution in [2.75, 3.05) is 7.11 Å². The third-order valence-electron chi connectivity index (χ3n) is 3.93. The molecule has 1 atom stereocenters. The van der Waals surface area contributed by atoms with Crippen LogP contribution in [0, 0.1) is 0 Å². The Balaban J connectivity index is 2.23. The van der Waals surface area contributed by atoms with Crippen LogP contribution in [-0.4, -0.2) is 13.1 Å². The number of ether oxygens (including phenoxy) is 1. The van der Waals surface area contributed by atoms with E-state index in [-0.39, 0.29) is 11.9 Å². The molecule has 0 radical (unpaired) electrons. The molecule has 0 aliphatic heterocycles. The zero-order valence-electron chi connectivity index (χ0n) is 10.7. The van der Waals surface area contributed by atoms with E-state index in [0.29, 0.717) is 0 Å². The summed E-state index contributed by atoms with van der Waals surface area (Å²) in [6, 6.07) is 10.6. The Bertz CT molecular complexity index is 618. The van der Waals surface area contributed by atoms with Crippen molar-refractivity contribution < 1.29 is 9.53 Å². The van der Waals surface area contributed by atoms with Gasteiger partial charge in [-0.25, -0.2) is 0 Å². The highest BCUT2D eigenvalue weighted by Crippen LogP contribution is 2.35. The van der Waals surface area contributed by atoms with Gasteiger partial charge in [0.2, 0.25) is 0 Å². The van der Waals surface area contributed by atoms with Crippen LogP contribution in [0.1, 0.15) is 29.5 Å². The van der Waals surface area contributed by atoms with Gasteiger partial charge in [0.1, 0.15) is 0 Å². The highest BCUT2D eigenvalue weighted by atomic mass is 16.5. The molecule has 0 fully saturated rings. The molecule has 2 heteroatoms. The van der Waals surface area contributed by atoms with Gasteiger partial charge in [0.15, 0.2) is 0 Å². The topological polar surface area (TPSA) is 26.3 Å². The van der Waals surface area contributed by atoms with Crippen LogP contribution >= 0.6 is 0 Å².